The first-order valence-electron chi connectivity index (χ1n) is 12.9. The monoisotopic (exact) mass is 603 g/mol. The number of hydrogen-bond donors (Lipinski definition) is 1. The van der Waals surface area contributed by atoms with Crippen molar-refractivity contribution < 1.29 is 35.8 Å². The molecule has 0 radical (unpaired) electrons. The van der Waals surface area contributed by atoms with Gasteiger partial charge in [-0.25, -0.2) is 16.8 Å². The van der Waals surface area contributed by atoms with Crippen LogP contribution in [0.4, 0.5) is 11.4 Å². The van der Waals surface area contributed by atoms with Crippen LogP contribution in [-0.4, -0.2) is 68.0 Å². The Morgan fingerprint density at radius 2 is 1.44 bits per heavy atom. The summed E-state index contributed by atoms with van der Waals surface area (Å²) in [7, 11) is -3.82. The van der Waals surface area contributed by atoms with Gasteiger partial charge in [-0.3, -0.25) is 9.10 Å². The van der Waals surface area contributed by atoms with E-state index in [1.807, 2.05) is 0 Å². The summed E-state index contributed by atoms with van der Waals surface area (Å²) in [5, 5.41) is 2.64. The lowest BCUT2D eigenvalue weighted by atomic mass is 10.2. The number of piperidine rings is 1. The second kappa shape index (κ2) is 12.8. The third kappa shape index (κ3) is 6.58. The van der Waals surface area contributed by atoms with Crippen molar-refractivity contribution in [2.75, 3.05) is 50.6 Å². The quantitative estimate of drug-likeness (QED) is 0.351. The first-order valence-corrected chi connectivity index (χ1v) is 15.8. The second-order valence-electron chi connectivity index (χ2n) is 9.24. The van der Waals surface area contributed by atoms with E-state index in [-0.39, 0.29) is 32.7 Å². The fraction of sp³-hybridized carbons (Fsp3) is 0.321. The van der Waals surface area contributed by atoms with Gasteiger partial charge in [-0.15, -0.1) is 0 Å². The maximum Gasteiger partial charge on any atom is 0.264 e. The number of amides is 1. The number of nitrogens with zero attached hydrogens (tertiary/aromatic N) is 2. The van der Waals surface area contributed by atoms with Crippen LogP contribution in [0.3, 0.4) is 0 Å². The van der Waals surface area contributed by atoms with Gasteiger partial charge < -0.3 is 19.5 Å². The van der Waals surface area contributed by atoms with Gasteiger partial charge in [0.15, 0.2) is 11.5 Å². The maximum absolute atomic E-state index is 13.7. The molecule has 11 nitrogen and oxygen atoms in total. The second-order valence-corrected chi connectivity index (χ2v) is 13.0. The van der Waals surface area contributed by atoms with Crippen molar-refractivity contribution in [3.05, 3.63) is 66.7 Å². The van der Waals surface area contributed by atoms with Crippen LogP contribution < -0.4 is 23.8 Å². The number of benzene rings is 3. The number of nitrogens with one attached hydrogen (secondary N) is 1. The molecule has 4 rings (SSSR count). The minimum atomic E-state index is -4.19. The van der Waals surface area contributed by atoms with Crippen LogP contribution in [0.1, 0.15) is 19.3 Å². The van der Waals surface area contributed by atoms with Crippen molar-refractivity contribution in [2.45, 2.75) is 29.1 Å². The van der Waals surface area contributed by atoms with Crippen LogP contribution >= 0.6 is 0 Å². The Hall–Kier alpha value is -3.81. The molecule has 1 aliphatic rings. The Kier molecular flexibility index (Phi) is 9.41. The van der Waals surface area contributed by atoms with Crippen molar-refractivity contribution in [2.24, 2.45) is 0 Å². The normalized spacial score (nSPS) is 14.2. The molecule has 1 saturated heterocycles. The first-order chi connectivity index (χ1) is 19.6. The maximum atomic E-state index is 13.7. The van der Waals surface area contributed by atoms with Gasteiger partial charge in [0.05, 0.1) is 31.9 Å². The topological polar surface area (TPSA) is 132 Å². The van der Waals surface area contributed by atoms with Gasteiger partial charge in [-0.1, -0.05) is 24.6 Å². The highest BCUT2D eigenvalue weighted by molar-refractivity contribution is 7.92. The van der Waals surface area contributed by atoms with Crippen molar-refractivity contribution in [3.8, 4) is 17.2 Å². The molecule has 1 N–H and O–H groups in total. The fourth-order valence-electron chi connectivity index (χ4n) is 4.55. The number of methoxy groups -OCH3 is 3. The molecule has 1 fully saturated rings. The van der Waals surface area contributed by atoms with Crippen molar-refractivity contribution in [1.29, 1.82) is 0 Å². The molecule has 13 heteroatoms. The molecule has 0 saturated carbocycles. The number of carbonyl (C=O) groups excluding carboxylic acids is 1. The number of anilines is 2. The SMILES string of the molecule is COc1ccc(N(CC(=O)Nc2ccc(OC)c(S(=O)(=O)N3CCCCC3)c2)S(=O)(=O)c2ccccc2)cc1OC. The number of sulfonamides is 2. The predicted molar refractivity (Wildman–Crippen MR) is 155 cm³/mol. The molecule has 0 bridgehead atoms. The van der Waals surface area contributed by atoms with Crippen molar-refractivity contribution in [1.82, 2.24) is 4.31 Å². The van der Waals surface area contributed by atoms with E-state index in [1.54, 1.807) is 24.3 Å². The summed E-state index contributed by atoms with van der Waals surface area (Å²) < 4.78 is 72.5. The zero-order chi connectivity index (χ0) is 29.6. The molecule has 220 valence electrons. The minimum Gasteiger partial charge on any atom is -0.495 e. The Morgan fingerprint density at radius 1 is 0.805 bits per heavy atom. The van der Waals surface area contributed by atoms with E-state index in [9.17, 15) is 21.6 Å². The van der Waals surface area contributed by atoms with E-state index < -0.39 is 32.5 Å². The number of carbonyl (C=O) groups is 1. The Morgan fingerprint density at radius 3 is 2.07 bits per heavy atom. The summed E-state index contributed by atoms with van der Waals surface area (Å²) in [4.78, 5) is 13.2. The third-order valence-corrected chi connectivity index (χ3v) is 10.4. The van der Waals surface area contributed by atoms with Crippen molar-refractivity contribution in [3.63, 3.8) is 0 Å². The Labute approximate surface area is 240 Å². The molecule has 0 aromatic heterocycles. The molecular weight excluding hydrogens is 570 g/mol. The largest absolute Gasteiger partial charge is 0.495 e. The van der Waals surface area contributed by atoms with Gasteiger partial charge in [0.2, 0.25) is 15.9 Å². The summed E-state index contributed by atoms with van der Waals surface area (Å²) in [6.45, 7) is 0.201. The molecule has 1 aliphatic heterocycles. The van der Waals surface area contributed by atoms with Gasteiger partial charge in [0.25, 0.3) is 10.0 Å². The highest BCUT2D eigenvalue weighted by atomic mass is 32.2. The van der Waals surface area contributed by atoms with E-state index in [0.29, 0.717) is 18.8 Å². The summed E-state index contributed by atoms with van der Waals surface area (Å²) in [5.41, 5.74) is 0.348. The zero-order valence-electron chi connectivity index (χ0n) is 23.1. The van der Waals surface area contributed by atoms with E-state index in [2.05, 4.69) is 5.32 Å². The Balaban J connectivity index is 1.67. The standard InChI is InChI=1S/C28H33N3O8S2/c1-37-24-15-13-22(19-26(24)39-3)31(40(33,34)23-10-6-4-7-11-23)20-28(32)29-21-12-14-25(38-2)27(18-21)41(35,36)30-16-8-5-9-17-30/h4,6-7,10-15,18-19H,5,8-9,16-17,20H2,1-3H3,(H,29,32). The molecule has 3 aromatic carbocycles. The molecule has 41 heavy (non-hydrogen) atoms. The molecule has 1 heterocycles. The van der Waals surface area contributed by atoms with Gasteiger partial charge in [-0.05, 0) is 55.3 Å². The molecular formula is C28H33N3O8S2. The average molecular weight is 604 g/mol. The summed E-state index contributed by atoms with van der Waals surface area (Å²) in [6, 6.07) is 16.5. The Bertz CT molecular complexity index is 1590. The lowest BCUT2D eigenvalue weighted by Crippen LogP contribution is -2.38. The fourth-order valence-corrected chi connectivity index (χ4v) is 7.68. The smallest absolute Gasteiger partial charge is 0.264 e. The van der Waals surface area contributed by atoms with E-state index >= 15 is 0 Å². The van der Waals surface area contributed by atoms with Gasteiger partial charge in [-0.2, -0.15) is 4.31 Å². The molecule has 0 aliphatic carbocycles. The van der Waals surface area contributed by atoms with Crippen LogP contribution in [0.5, 0.6) is 17.2 Å². The van der Waals surface area contributed by atoms with E-state index in [0.717, 1.165) is 23.6 Å². The highest BCUT2D eigenvalue weighted by Crippen LogP contribution is 2.34. The van der Waals surface area contributed by atoms with Gasteiger partial charge >= 0.3 is 0 Å². The van der Waals surface area contributed by atoms with Crippen LogP contribution in [0.15, 0.2) is 76.5 Å². The average Bonchev–Trinajstić information content (AvgIpc) is 3.00. The lowest BCUT2D eigenvalue weighted by Gasteiger charge is -2.27. The molecule has 3 aromatic rings. The zero-order valence-corrected chi connectivity index (χ0v) is 24.7. The number of hydrogen-bond acceptors (Lipinski definition) is 8. The van der Waals surface area contributed by atoms with Crippen molar-refractivity contribution >= 4 is 37.3 Å². The lowest BCUT2D eigenvalue weighted by molar-refractivity contribution is -0.114. The van der Waals surface area contributed by atoms with E-state index in [4.69, 9.17) is 14.2 Å². The number of ether oxygens (including phenoxy) is 3. The molecule has 0 atom stereocenters. The van der Waals surface area contributed by atoms with Crippen LogP contribution in [0.25, 0.3) is 0 Å². The van der Waals surface area contributed by atoms with Gasteiger partial charge in [0.1, 0.15) is 17.2 Å². The third-order valence-electron chi connectivity index (χ3n) is 6.65. The highest BCUT2D eigenvalue weighted by Gasteiger charge is 2.31. The minimum absolute atomic E-state index is 0.0121. The van der Waals surface area contributed by atoms with Crippen LogP contribution in [0.2, 0.25) is 0 Å². The van der Waals surface area contributed by atoms with Crippen LogP contribution in [-0.2, 0) is 24.8 Å². The molecule has 1 amide bonds. The summed E-state index contributed by atoms with van der Waals surface area (Å²) in [6.07, 6.45) is 2.49. The number of rotatable bonds is 11. The van der Waals surface area contributed by atoms with Crippen LogP contribution in [0, 0.1) is 0 Å². The predicted octanol–water partition coefficient (Wildman–Crippen LogP) is 3.72. The van der Waals surface area contributed by atoms with E-state index in [1.165, 1.54) is 68.1 Å². The van der Waals surface area contributed by atoms with Gasteiger partial charge in [0, 0.05) is 24.8 Å². The first kappa shape index (κ1) is 30.2. The summed E-state index contributed by atoms with van der Waals surface area (Å²) >= 11 is 0. The summed E-state index contributed by atoms with van der Waals surface area (Å²) in [5.74, 6) is 0.123. The molecule has 0 spiro atoms. The molecule has 0 unspecified atom stereocenters.